The van der Waals surface area contributed by atoms with E-state index in [0.717, 1.165) is 0 Å². The fourth-order valence-electron chi connectivity index (χ4n) is 0.281. The molecule has 0 aromatic carbocycles. The number of hydrogen-bond acceptors (Lipinski definition) is 0. The van der Waals surface area contributed by atoms with Crippen LogP contribution in [0.15, 0.2) is 0 Å². The molecule has 0 fully saturated rings. The molecular formula is C4H12BrOSn. The molecule has 0 unspecified atom stereocenters. The van der Waals surface area contributed by atoms with E-state index in [1.165, 1.54) is 17.3 Å². The van der Waals surface area contributed by atoms with Crippen molar-refractivity contribution >= 4 is 31.6 Å². The van der Waals surface area contributed by atoms with E-state index in [0.29, 0.717) is 0 Å². The largest absolute Gasteiger partial charge is 0.412 e. The molecule has 0 rings (SSSR count). The van der Waals surface area contributed by atoms with Gasteiger partial charge in [-0.2, -0.15) is 0 Å². The summed E-state index contributed by atoms with van der Waals surface area (Å²) in [4.78, 5) is 0. The van der Waals surface area contributed by atoms with Gasteiger partial charge in [0, 0.05) is 0 Å². The molecule has 0 amide bonds. The quantitative estimate of drug-likeness (QED) is 0.546. The van der Waals surface area contributed by atoms with E-state index in [9.17, 15) is 0 Å². The fourth-order valence-corrected chi connectivity index (χ4v) is 4.06. The van der Waals surface area contributed by atoms with E-state index < -0.39 is 0 Å². The van der Waals surface area contributed by atoms with Gasteiger partial charge in [0.05, 0.1) is 0 Å². The minimum absolute atomic E-state index is 0. The number of halogens is 1. The van der Waals surface area contributed by atoms with Crippen LogP contribution >= 0.6 is 12.7 Å². The van der Waals surface area contributed by atoms with Crippen LogP contribution in [0.5, 0.6) is 0 Å². The van der Waals surface area contributed by atoms with Crippen LogP contribution in [0, 0.1) is 0 Å². The van der Waals surface area contributed by atoms with E-state index in [-0.39, 0.29) is 24.4 Å². The Balaban J connectivity index is 0. The summed E-state index contributed by atoms with van der Waals surface area (Å²) in [6.07, 6.45) is 2.82. The normalized spacial score (nSPS) is 7.71. The van der Waals surface area contributed by atoms with E-state index in [4.69, 9.17) is 0 Å². The van der Waals surface area contributed by atoms with Crippen molar-refractivity contribution in [1.29, 1.82) is 0 Å². The molecule has 0 aliphatic carbocycles. The third kappa shape index (κ3) is 11.1. The molecule has 0 aliphatic heterocycles. The van der Waals surface area contributed by atoms with E-state index >= 15 is 0 Å². The topological polar surface area (TPSA) is 31.5 Å². The Kier molecular flexibility index (Phi) is 16.3. The second-order valence-corrected chi connectivity index (χ2v) is 8.17. The molecule has 1 radical (unpaired) electrons. The van der Waals surface area contributed by atoms with Crippen molar-refractivity contribution in [1.82, 2.24) is 0 Å². The second-order valence-electron chi connectivity index (χ2n) is 1.30. The minimum Gasteiger partial charge on any atom is -0.412 e. The Morgan fingerprint density at radius 1 is 1.57 bits per heavy atom. The Labute approximate surface area is 61.2 Å². The number of rotatable bonds is 3. The van der Waals surface area contributed by atoms with Crippen LogP contribution < -0.4 is 0 Å². The van der Waals surface area contributed by atoms with Crippen LogP contribution in [-0.4, -0.2) is 24.4 Å². The summed E-state index contributed by atoms with van der Waals surface area (Å²) in [6.45, 7) is 2.24. The predicted octanol–water partition coefficient (Wildman–Crippen LogP) is 1.13. The van der Waals surface area contributed by atoms with Crippen molar-refractivity contribution in [3.8, 4) is 0 Å². The summed E-state index contributed by atoms with van der Waals surface area (Å²) < 4.78 is 1.52. The Morgan fingerprint density at radius 2 is 2.14 bits per heavy atom. The monoisotopic (exact) mass is 275 g/mol. The summed E-state index contributed by atoms with van der Waals surface area (Å²) >= 11 is 3.41. The van der Waals surface area contributed by atoms with Crippen LogP contribution in [0.1, 0.15) is 19.8 Å². The van der Waals surface area contributed by atoms with Crippen LogP contribution in [0.25, 0.3) is 0 Å². The summed E-state index contributed by atoms with van der Waals surface area (Å²) in [5, 5.41) is 0. The molecule has 0 aromatic heterocycles. The van der Waals surface area contributed by atoms with Gasteiger partial charge in [0.25, 0.3) is 0 Å². The molecule has 1 nitrogen and oxygen atoms in total. The van der Waals surface area contributed by atoms with Gasteiger partial charge in [-0.1, -0.05) is 0 Å². The molecule has 0 aromatic rings. The smallest absolute Gasteiger partial charge is 0.412 e. The van der Waals surface area contributed by atoms with E-state index in [1.807, 2.05) is 0 Å². The van der Waals surface area contributed by atoms with Gasteiger partial charge in [0.2, 0.25) is 0 Å². The average Bonchev–Trinajstić information content (AvgIpc) is 1.61. The Morgan fingerprint density at radius 3 is 2.29 bits per heavy atom. The zero-order valence-corrected chi connectivity index (χ0v) is 9.46. The van der Waals surface area contributed by atoms with E-state index in [1.54, 1.807) is 0 Å². The van der Waals surface area contributed by atoms with Gasteiger partial charge in [-0.15, -0.1) is 0 Å². The zero-order chi connectivity index (χ0) is 4.83. The second kappa shape index (κ2) is 10.3. The standard InChI is InChI=1S/C4H9.BrH.H2O.Sn.H/c1-3-4-2;;;;/h1,3-4H2,2H3;1H;1H2;;/q;;;+1;/p-1. The molecule has 45 valence electrons. The third-order valence-electron chi connectivity index (χ3n) is 0.667. The maximum Gasteiger partial charge on any atom is -0.412 e. The number of hydrogen-bond donors (Lipinski definition) is 0. The van der Waals surface area contributed by atoms with Gasteiger partial charge in [-0.25, -0.2) is 0 Å². The zero-order valence-electron chi connectivity index (χ0n) is 4.58. The molecule has 0 heterocycles. The van der Waals surface area contributed by atoms with Crippen molar-refractivity contribution in [3.05, 3.63) is 0 Å². The van der Waals surface area contributed by atoms with Gasteiger partial charge >= 0.3 is 55.8 Å². The van der Waals surface area contributed by atoms with Gasteiger partial charge in [0.1, 0.15) is 0 Å². The maximum absolute atomic E-state index is 3.54. The van der Waals surface area contributed by atoms with Crippen LogP contribution in [0.3, 0.4) is 0 Å². The molecule has 2 N–H and O–H groups in total. The summed E-state index contributed by atoms with van der Waals surface area (Å²) in [5.74, 6) is 0. The first kappa shape index (κ1) is 11.1. The average molecular weight is 275 g/mol. The summed E-state index contributed by atoms with van der Waals surface area (Å²) in [5.41, 5.74) is 0. The van der Waals surface area contributed by atoms with Gasteiger partial charge in [-0.3, -0.25) is 0 Å². The van der Waals surface area contributed by atoms with Crippen LogP contribution in [0.4, 0.5) is 0 Å². The first-order valence-corrected chi connectivity index (χ1v) is 12.1. The SMILES string of the molecule is CCC[CH2][SnH][Br].O. The molecule has 0 saturated heterocycles. The molecule has 0 saturated carbocycles. The molecule has 0 atom stereocenters. The molecule has 0 bridgehead atoms. The van der Waals surface area contributed by atoms with Crippen molar-refractivity contribution in [3.63, 3.8) is 0 Å². The molecule has 0 aliphatic rings. The van der Waals surface area contributed by atoms with Crippen molar-refractivity contribution in [2.24, 2.45) is 0 Å². The predicted molar refractivity (Wildman–Crippen MR) is 39.4 cm³/mol. The fraction of sp³-hybridized carbons (Fsp3) is 1.00. The summed E-state index contributed by atoms with van der Waals surface area (Å²) in [6, 6.07) is 0. The first-order chi connectivity index (χ1) is 2.91. The van der Waals surface area contributed by atoms with Gasteiger partial charge in [-0.05, 0) is 0 Å². The third-order valence-corrected chi connectivity index (χ3v) is 5.53. The van der Waals surface area contributed by atoms with Crippen LogP contribution in [-0.2, 0) is 0 Å². The Hall–Kier alpha value is 1.24. The van der Waals surface area contributed by atoms with Crippen LogP contribution in [0.2, 0.25) is 4.44 Å². The first-order valence-electron chi connectivity index (χ1n) is 2.33. The van der Waals surface area contributed by atoms with Crippen molar-refractivity contribution < 1.29 is 5.48 Å². The molecular weight excluding hydrogens is 263 g/mol. The van der Waals surface area contributed by atoms with E-state index in [2.05, 4.69) is 19.6 Å². The van der Waals surface area contributed by atoms with Gasteiger partial charge in [0.15, 0.2) is 0 Å². The molecule has 7 heavy (non-hydrogen) atoms. The molecule has 0 spiro atoms. The summed E-state index contributed by atoms with van der Waals surface area (Å²) in [7, 11) is 0. The maximum atomic E-state index is 3.54. The minimum atomic E-state index is -0.135. The molecule has 3 heteroatoms. The van der Waals surface area contributed by atoms with Gasteiger partial charge < -0.3 is 5.48 Å². The Bertz CT molecular complexity index is 23.7. The van der Waals surface area contributed by atoms with Crippen molar-refractivity contribution in [2.75, 3.05) is 0 Å². The van der Waals surface area contributed by atoms with Crippen molar-refractivity contribution in [2.45, 2.75) is 24.2 Å². The number of unbranched alkanes of at least 4 members (excludes halogenated alkanes) is 1.